The van der Waals surface area contributed by atoms with Crippen LogP contribution in [0.1, 0.15) is 89.2 Å². The lowest BCUT2D eigenvalue weighted by atomic mass is 9.95. The Morgan fingerprint density at radius 1 is 0.250 bits per heavy atom. The van der Waals surface area contributed by atoms with Crippen LogP contribution in [-0.4, -0.2) is 161 Å². The Morgan fingerprint density at radius 3 is 0.893 bits per heavy atom. The molecule has 0 N–H and O–H groups in total. The summed E-state index contributed by atoms with van der Waals surface area (Å²) in [5.74, 6) is -6.80. The maximum absolute atomic E-state index is 15.2. The minimum atomic E-state index is -2.01. The van der Waals surface area contributed by atoms with Crippen molar-refractivity contribution in [2.24, 2.45) is 0 Å². The van der Waals surface area contributed by atoms with Gasteiger partial charge in [0, 0.05) is 7.11 Å². The summed E-state index contributed by atoms with van der Waals surface area (Å²) >= 11 is 0. The summed E-state index contributed by atoms with van der Waals surface area (Å²) in [6, 6.07) is 83.0. The van der Waals surface area contributed by atoms with Crippen molar-refractivity contribution in [1.82, 2.24) is 0 Å². The molecule has 574 valence electrons. The van der Waals surface area contributed by atoms with Crippen molar-refractivity contribution in [2.75, 3.05) is 26.9 Å². The Hall–Kier alpha value is -11.9. The summed E-state index contributed by atoms with van der Waals surface area (Å²) in [4.78, 5) is 104. The molecule has 23 nitrogen and oxygen atoms in total. The predicted molar refractivity (Wildman–Crippen MR) is 401 cm³/mol. The third-order valence-electron chi connectivity index (χ3n) is 18.6. The number of benzene rings is 10. The molecule has 0 unspecified atom stereocenters. The monoisotopic (exact) mass is 1520 g/mol. The van der Waals surface area contributed by atoms with E-state index in [2.05, 4.69) is 0 Å². The van der Waals surface area contributed by atoms with Crippen LogP contribution in [0.15, 0.2) is 303 Å². The summed E-state index contributed by atoms with van der Waals surface area (Å²) < 4.78 is 107. The highest BCUT2D eigenvalue weighted by Gasteiger charge is 2.59. The Morgan fingerprint density at radius 2 is 0.527 bits per heavy atom. The van der Waals surface area contributed by atoms with Crippen LogP contribution in [0.5, 0.6) is 0 Å². The summed E-state index contributed by atoms with van der Waals surface area (Å²) in [6.45, 7) is -1.81. The lowest BCUT2D eigenvalue weighted by molar-refractivity contribution is -0.369. The third kappa shape index (κ3) is 20.6. The van der Waals surface area contributed by atoms with E-state index >= 15 is 14.4 Å². The maximum Gasteiger partial charge on any atom is 0.338 e. The number of rotatable bonds is 31. The van der Waals surface area contributed by atoms with E-state index in [0.717, 1.165) is 16.7 Å². The van der Waals surface area contributed by atoms with Crippen molar-refractivity contribution in [2.45, 2.75) is 112 Å². The van der Waals surface area contributed by atoms with E-state index in [1.54, 1.807) is 127 Å². The Kier molecular flexibility index (Phi) is 27.4. The van der Waals surface area contributed by atoms with Gasteiger partial charge < -0.3 is 75.8 Å². The normalized spacial score (nSPS) is 23.3. The van der Waals surface area contributed by atoms with E-state index < -0.39 is 147 Å². The number of carbonyl (C=O) groups is 7. The molecule has 0 saturated carbocycles. The number of ether oxygens (including phenoxy) is 16. The van der Waals surface area contributed by atoms with Gasteiger partial charge in [-0.2, -0.15) is 0 Å². The molecule has 10 aromatic carbocycles. The fourth-order valence-electron chi connectivity index (χ4n) is 13.0. The predicted octanol–water partition coefficient (Wildman–Crippen LogP) is 12.8. The number of hydrogen-bond donors (Lipinski definition) is 0. The Bertz CT molecular complexity index is 4640. The van der Waals surface area contributed by atoms with Crippen LogP contribution in [0.4, 0.5) is 0 Å². The molecule has 0 aromatic heterocycles. The maximum atomic E-state index is 15.2. The van der Waals surface area contributed by atoms with E-state index in [0.29, 0.717) is 0 Å². The molecule has 3 heterocycles. The topological polar surface area (TPSA) is 267 Å². The first-order valence-corrected chi connectivity index (χ1v) is 36.4. The highest BCUT2D eigenvalue weighted by Crippen LogP contribution is 2.39. The molecule has 0 bridgehead atoms. The highest BCUT2D eigenvalue weighted by atomic mass is 16.8. The van der Waals surface area contributed by atoms with Crippen LogP contribution in [0.2, 0.25) is 0 Å². The van der Waals surface area contributed by atoms with E-state index in [-0.39, 0.29) is 65.4 Å². The molecule has 0 amide bonds. The molecule has 3 aliphatic heterocycles. The zero-order valence-corrected chi connectivity index (χ0v) is 60.7. The van der Waals surface area contributed by atoms with Gasteiger partial charge in [-0.15, -0.1) is 0 Å². The van der Waals surface area contributed by atoms with Gasteiger partial charge in [-0.25, -0.2) is 33.6 Å². The van der Waals surface area contributed by atoms with Crippen LogP contribution < -0.4 is 0 Å². The van der Waals surface area contributed by atoms with Gasteiger partial charge in [0.2, 0.25) is 0 Å². The smallest absolute Gasteiger partial charge is 0.338 e. The van der Waals surface area contributed by atoms with Gasteiger partial charge in [0.1, 0.15) is 43.2 Å². The van der Waals surface area contributed by atoms with Gasteiger partial charge in [0.05, 0.1) is 72.0 Å². The number of esters is 7. The fourth-order valence-corrected chi connectivity index (χ4v) is 13.0. The second-order valence-corrected chi connectivity index (χ2v) is 26.2. The average Bonchev–Trinajstić information content (AvgIpc) is 0.767. The zero-order chi connectivity index (χ0) is 77.4. The summed E-state index contributed by atoms with van der Waals surface area (Å²) in [7, 11) is 1.45. The van der Waals surface area contributed by atoms with E-state index in [1.807, 2.05) is 91.0 Å². The first-order valence-electron chi connectivity index (χ1n) is 36.4. The summed E-state index contributed by atoms with van der Waals surface area (Å²) in [5, 5.41) is 0. The van der Waals surface area contributed by atoms with E-state index in [4.69, 9.17) is 75.8 Å². The minimum Gasteiger partial charge on any atom is -0.459 e. The Labute approximate surface area is 645 Å². The van der Waals surface area contributed by atoms with Gasteiger partial charge in [-0.3, -0.25) is 0 Å². The summed E-state index contributed by atoms with van der Waals surface area (Å²) in [5.41, 5.74) is 2.54. The largest absolute Gasteiger partial charge is 0.459 e. The van der Waals surface area contributed by atoms with Crippen molar-refractivity contribution >= 4 is 41.8 Å². The molecule has 112 heavy (non-hydrogen) atoms. The molecule has 15 atom stereocenters. The molecule has 3 aliphatic rings. The van der Waals surface area contributed by atoms with E-state index in [1.165, 1.54) is 92.0 Å². The quantitative estimate of drug-likeness (QED) is 0.0288. The van der Waals surface area contributed by atoms with Crippen molar-refractivity contribution in [3.8, 4) is 0 Å². The number of carbonyl (C=O) groups excluding carboxylic acids is 7. The van der Waals surface area contributed by atoms with Crippen molar-refractivity contribution in [1.29, 1.82) is 0 Å². The molecular weight excluding hydrogens is 1440 g/mol. The van der Waals surface area contributed by atoms with E-state index in [9.17, 15) is 19.2 Å². The lowest BCUT2D eigenvalue weighted by Crippen LogP contribution is -2.67. The number of hydrogen-bond acceptors (Lipinski definition) is 23. The molecule has 23 heteroatoms. The molecule has 0 aliphatic carbocycles. The molecule has 0 spiro atoms. The highest BCUT2D eigenvalue weighted by molar-refractivity contribution is 5.93. The van der Waals surface area contributed by atoms with Crippen molar-refractivity contribution in [3.63, 3.8) is 0 Å². The van der Waals surface area contributed by atoms with Gasteiger partial charge in [0.15, 0.2) is 55.5 Å². The molecule has 10 aromatic rings. The second kappa shape index (κ2) is 39.2. The van der Waals surface area contributed by atoms with Crippen LogP contribution in [0.3, 0.4) is 0 Å². The lowest BCUT2D eigenvalue weighted by Gasteiger charge is -2.49. The minimum absolute atomic E-state index is 0.000159. The van der Waals surface area contributed by atoms with Gasteiger partial charge in [-0.05, 0) is 102 Å². The standard InChI is InChI=1S/C89H80O23/c1-97-87-77(100-54-60-36-16-4-17-37-60)74(99-53-59-34-14-3-15-35-59)71(68(103-87)55-98-52-58-32-12-2-13-33-58)112-89-79(111-86(96)67-50-30-11-31-51-67)76(109-84(94)65-46-26-9-27-47-65)73(107-82(92)63-42-22-7-23-43-63)70(105-89)57-102-88-78(110-85(95)66-48-28-10-29-49-66)75(108-83(93)64-44-24-8-25-45-64)72(106-81(91)62-40-20-6-21-41-62)69(104-88)56-101-80(90)61-38-18-5-19-39-61/h2-51,68-79,87-89H,52-57H2,1H3/t68-,69-,70-,71-,72-,73-,74+,75+,76+,77-,78-,79-,87+,88-,89+/m1/s1. The second-order valence-electron chi connectivity index (χ2n) is 26.2. The third-order valence-corrected chi connectivity index (χ3v) is 18.6. The molecule has 0 radical (unpaired) electrons. The van der Waals surface area contributed by atoms with Crippen LogP contribution >= 0.6 is 0 Å². The first-order chi connectivity index (χ1) is 54.9. The fraction of sp³-hybridized carbons (Fsp3) is 0.247. The van der Waals surface area contributed by atoms with Crippen LogP contribution in [-0.2, 0) is 95.6 Å². The van der Waals surface area contributed by atoms with Gasteiger partial charge >= 0.3 is 41.8 Å². The van der Waals surface area contributed by atoms with Gasteiger partial charge in [-0.1, -0.05) is 218 Å². The Balaban J connectivity index is 0.964. The van der Waals surface area contributed by atoms with Crippen LogP contribution in [0, 0.1) is 0 Å². The summed E-state index contributed by atoms with van der Waals surface area (Å²) in [6.07, 6.45) is -25.2. The molecular formula is C89H80O23. The van der Waals surface area contributed by atoms with Crippen molar-refractivity contribution < 1.29 is 109 Å². The SMILES string of the molecule is CO[C@H]1O[C@H](COCc2ccccc2)[C@@H](O[C@@H]2O[C@H](CO[C@@H]3O[C@H](COC(=O)c4ccccc4)[C@@H](OC(=O)c4ccccc4)[C@H](OC(=O)c4ccccc4)[C@H]3OC(=O)c3ccccc3)[C@@H](OC(=O)c3ccccc3)[C@H](OC(=O)c3ccccc3)[C@H]2OC(=O)c2ccccc2)[C@H](OCc2ccccc2)[C@H]1OCc1ccccc1. The zero-order valence-electron chi connectivity index (χ0n) is 60.7. The molecule has 3 saturated heterocycles. The molecule has 3 fully saturated rings. The number of methoxy groups -OCH3 is 1. The van der Waals surface area contributed by atoms with Gasteiger partial charge in [0.25, 0.3) is 0 Å². The first kappa shape index (κ1) is 78.3. The molecule has 13 rings (SSSR count). The average molecular weight is 1520 g/mol. The van der Waals surface area contributed by atoms with Crippen LogP contribution in [0.25, 0.3) is 0 Å². The van der Waals surface area contributed by atoms with Crippen molar-refractivity contribution in [3.05, 3.63) is 359 Å².